The number of nitrogens with one attached hydrogen (secondary N) is 1. The van der Waals surface area contributed by atoms with Crippen molar-refractivity contribution in [3.63, 3.8) is 0 Å². The van der Waals surface area contributed by atoms with Crippen molar-refractivity contribution in [3.8, 4) is 0 Å². The summed E-state index contributed by atoms with van der Waals surface area (Å²) in [7, 11) is 0. The van der Waals surface area contributed by atoms with Crippen LogP contribution in [0.4, 0.5) is 4.39 Å². The molecular formula is C15H17BrFNS. The Balaban J connectivity index is 2.07. The number of rotatable bonds is 6. The van der Waals surface area contributed by atoms with Crippen LogP contribution < -0.4 is 5.32 Å². The van der Waals surface area contributed by atoms with E-state index in [0.29, 0.717) is 6.42 Å². The van der Waals surface area contributed by atoms with Crippen LogP contribution in [0.1, 0.15) is 18.1 Å². The van der Waals surface area contributed by atoms with E-state index in [9.17, 15) is 4.39 Å². The highest BCUT2D eigenvalue weighted by Gasteiger charge is 2.12. The molecule has 0 bridgehead atoms. The molecular weight excluding hydrogens is 325 g/mol. The highest BCUT2D eigenvalue weighted by atomic mass is 79.9. The fourth-order valence-electron chi connectivity index (χ4n) is 2.15. The lowest BCUT2D eigenvalue weighted by molar-refractivity contribution is 0.506. The van der Waals surface area contributed by atoms with Crippen molar-refractivity contribution in [1.29, 1.82) is 0 Å². The van der Waals surface area contributed by atoms with E-state index < -0.39 is 0 Å². The van der Waals surface area contributed by atoms with Gasteiger partial charge in [0.05, 0.1) is 0 Å². The fourth-order valence-corrected chi connectivity index (χ4v) is 3.17. The number of hydrogen-bond acceptors (Lipinski definition) is 2. The van der Waals surface area contributed by atoms with Crippen LogP contribution in [0.3, 0.4) is 0 Å². The molecule has 0 fully saturated rings. The molecule has 0 spiro atoms. The van der Waals surface area contributed by atoms with Crippen LogP contribution >= 0.6 is 27.3 Å². The van der Waals surface area contributed by atoms with Crippen LogP contribution in [0, 0.1) is 5.82 Å². The van der Waals surface area contributed by atoms with Gasteiger partial charge >= 0.3 is 0 Å². The molecule has 1 N–H and O–H groups in total. The molecule has 1 aromatic heterocycles. The molecule has 2 rings (SSSR count). The van der Waals surface area contributed by atoms with Gasteiger partial charge in [0, 0.05) is 10.5 Å². The Labute approximate surface area is 126 Å². The van der Waals surface area contributed by atoms with Crippen molar-refractivity contribution in [2.45, 2.75) is 25.8 Å². The summed E-state index contributed by atoms with van der Waals surface area (Å²) < 4.78 is 14.7. The zero-order valence-corrected chi connectivity index (χ0v) is 13.2. The number of thiophene rings is 1. The SMILES string of the molecule is CCNC(Cc1ccsc1)Cc1ccc(Br)cc1F. The Kier molecular flexibility index (Phi) is 5.55. The average Bonchev–Trinajstić information content (AvgIpc) is 2.86. The molecule has 0 saturated carbocycles. The van der Waals surface area contributed by atoms with Crippen molar-refractivity contribution in [2.75, 3.05) is 6.54 Å². The second-order valence-electron chi connectivity index (χ2n) is 4.53. The van der Waals surface area contributed by atoms with E-state index in [0.717, 1.165) is 23.0 Å². The van der Waals surface area contributed by atoms with Gasteiger partial charge in [-0.25, -0.2) is 4.39 Å². The molecule has 0 aliphatic heterocycles. The van der Waals surface area contributed by atoms with Crippen LogP contribution in [0.15, 0.2) is 39.5 Å². The molecule has 2 aromatic rings. The van der Waals surface area contributed by atoms with Gasteiger partial charge in [0.15, 0.2) is 0 Å². The number of halogens is 2. The Morgan fingerprint density at radius 1 is 1.32 bits per heavy atom. The monoisotopic (exact) mass is 341 g/mol. The normalized spacial score (nSPS) is 12.6. The topological polar surface area (TPSA) is 12.0 Å². The summed E-state index contributed by atoms with van der Waals surface area (Å²) in [5.74, 6) is -0.136. The van der Waals surface area contributed by atoms with Gasteiger partial charge in [0.25, 0.3) is 0 Å². The summed E-state index contributed by atoms with van der Waals surface area (Å²) in [6, 6.07) is 7.69. The zero-order chi connectivity index (χ0) is 13.7. The molecule has 0 amide bonds. The van der Waals surface area contributed by atoms with Crippen LogP contribution in [-0.2, 0) is 12.8 Å². The van der Waals surface area contributed by atoms with E-state index in [-0.39, 0.29) is 11.9 Å². The van der Waals surface area contributed by atoms with Crippen molar-refractivity contribution < 1.29 is 4.39 Å². The van der Waals surface area contributed by atoms with E-state index in [1.54, 1.807) is 11.3 Å². The first kappa shape index (κ1) is 14.7. The lowest BCUT2D eigenvalue weighted by atomic mass is 10.00. The third-order valence-corrected chi connectivity index (χ3v) is 4.26. The molecule has 1 nitrogen and oxygen atoms in total. The predicted octanol–water partition coefficient (Wildman–Crippen LogP) is 4.41. The first-order valence-electron chi connectivity index (χ1n) is 6.37. The molecule has 19 heavy (non-hydrogen) atoms. The van der Waals surface area contributed by atoms with Gasteiger partial charge in [-0.05, 0) is 59.5 Å². The summed E-state index contributed by atoms with van der Waals surface area (Å²) in [4.78, 5) is 0. The summed E-state index contributed by atoms with van der Waals surface area (Å²) in [5, 5.41) is 7.67. The van der Waals surface area contributed by atoms with Crippen LogP contribution in [0.2, 0.25) is 0 Å². The largest absolute Gasteiger partial charge is 0.314 e. The minimum absolute atomic E-state index is 0.136. The highest BCUT2D eigenvalue weighted by Crippen LogP contribution is 2.18. The van der Waals surface area contributed by atoms with E-state index >= 15 is 0 Å². The van der Waals surface area contributed by atoms with Crippen LogP contribution in [0.25, 0.3) is 0 Å². The summed E-state index contributed by atoms with van der Waals surface area (Å²) in [5.41, 5.74) is 2.08. The molecule has 0 saturated heterocycles. The molecule has 0 radical (unpaired) electrons. The van der Waals surface area contributed by atoms with Crippen molar-refractivity contribution >= 4 is 27.3 Å². The quantitative estimate of drug-likeness (QED) is 0.820. The minimum Gasteiger partial charge on any atom is -0.314 e. The molecule has 1 atom stereocenters. The van der Waals surface area contributed by atoms with Gasteiger partial charge < -0.3 is 5.32 Å². The summed E-state index contributed by atoms with van der Waals surface area (Å²) in [6.07, 6.45) is 1.65. The minimum atomic E-state index is -0.136. The lowest BCUT2D eigenvalue weighted by Crippen LogP contribution is -2.33. The van der Waals surface area contributed by atoms with Gasteiger partial charge in [0.2, 0.25) is 0 Å². The number of hydrogen-bond donors (Lipinski definition) is 1. The molecule has 1 aromatic carbocycles. The average molecular weight is 342 g/mol. The van der Waals surface area contributed by atoms with Gasteiger partial charge in [-0.2, -0.15) is 11.3 Å². The maximum Gasteiger partial charge on any atom is 0.127 e. The maximum absolute atomic E-state index is 13.9. The first-order valence-corrected chi connectivity index (χ1v) is 8.11. The van der Waals surface area contributed by atoms with Gasteiger partial charge in [0.1, 0.15) is 5.82 Å². The van der Waals surface area contributed by atoms with Gasteiger partial charge in [-0.3, -0.25) is 0 Å². The fraction of sp³-hybridized carbons (Fsp3) is 0.333. The molecule has 102 valence electrons. The van der Waals surface area contributed by atoms with Crippen LogP contribution in [0.5, 0.6) is 0 Å². The van der Waals surface area contributed by atoms with E-state index in [1.807, 2.05) is 12.1 Å². The first-order chi connectivity index (χ1) is 9.19. The Bertz CT molecular complexity index is 513. The molecule has 4 heteroatoms. The van der Waals surface area contributed by atoms with Crippen LogP contribution in [-0.4, -0.2) is 12.6 Å². The second-order valence-corrected chi connectivity index (χ2v) is 6.23. The number of benzene rings is 1. The van der Waals surface area contributed by atoms with Gasteiger partial charge in [-0.15, -0.1) is 0 Å². The van der Waals surface area contributed by atoms with Crippen molar-refractivity contribution in [1.82, 2.24) is 5.32 Å². The van der Waals surface area contributed by atoms with E-state index in [4.69, 9.17) is 0 Å². The maximum atomic E-state index is 13.9. The molecule has 1 heterocycles. The second kappa shape index (κ2) is 7.17. The van der Waals surface area contributed by atoms with E-state index in [1.165, 1.54) is 11.6 Å². The Morgan fingerprint density at radius 2 is 2.16 bits per heavy atom. The zero-order valence-electron chi connectivity index (χ0n) is 10.8. The predicted molar refractivity (Wildman–Crippen MR) is 83.3 cm³/mol. The highest BCUT2D eigenvalue weighted by molar-refractivity contribution is 9.10. The summed E-state index contributed by atoms with van der Waals surface area (Å²) in [6.45, 7) is 2.98. The third-order valence-electron chi connectivity index (χ3n) is 3.04. The standard InChI is InChI=1S/C15H17BrFNS/c1-2-18-14(7-11-5-6-19-10-11)8-12-3-4-13(16)9-15(12)17/h3-6,9-10,14,18H,2,7-8H2,1H3. The smallest absolute Gasteiger partial charge is 0.127 e. The lowest BCUT2D eigenvalue weighted by Gasteiger charge is -2.18. The third kappa shape index (κ3) is 4.41. The van der Waals surface area contributed by atoms with Gasteiger partial charge in [-0.1, -0.05) is 28.9 Å². The Hall–Kier alpha value is -0.710. The van der Waals surface area contributed by atoms with Crippen molar-refractivity contribution in [3.05, 3.63) is 56.4 Å². The van der Waals surface area contributed by atoms with E-state index in [2.05, 4.69) is 45.0 Å². The number of likely N-dealkylation sites (N-methyl/N-ethyl adjacent to an activating group) is 1. The molecule has 1 unspecified atom stereocenters. The van der Waals surface area contributed by atoms with Crippen molar-refractivity contribution in [2.24, 2.45) is 0 Å². The Morgan fingerprint density at radius 3 is 2.79 bits per heavy atom. The molecule has 0 aliphatic rings. The molecule has 0 aliphatic carbocycles. The summed E-state index contributed by atoms with van der Waals surface area (Å²) >= 11 is 4.99.